The molecule has 0 aromatic heterocycles. The molecular weight excluding hydrogens is 693 g/mol. The number of alkyl halides is 6. The van der Waals surface area contributed by atoms with Crippen molar-refractivity contribution in [2.75, 3.05) is 19.7 Å². The van der Waals surface area contributed by atoms with Gasteiger partial charge in [0, 0.05) is 24.9 Å². The maximum Gasteiger partial charge on any atom is 0.416 e. The van der Waals surface area contributed by atoms with Gasteiger partial charge in [0.25, 0.3) is 5.91 Å². The van der Waals surface area contributed by atoms with Crippen molar-refractivity contribution in [3.63, 3.8) is 0 Å². The molecular formula is C25H24Cl3F4N7O7. The number of guanidine groups is 1. The number of aliphatic hydroxyl groups is 2. The quantitative estimate of drug-likeness (QED) is 0.110. The van der Waals surface area contributed by atoms with Gasteiger partial charge in [0.2, 0.25) is 27.4 Å². The third-order valence-electron chi connectivity index (χ3n) is 7.79. The fourth-order valence-electron chi connectivity index (χ4n) is 5.85. The molecule has 3 saturated heterocycles. The van der Waals surface area contributed by atoms with Gasteiger partial charge < -0.3 is 35.8 Å². The Labute approximate surface area is 271 Å². The third-order valence-corrected chi connectivity index (χ3v) is 8.11. The number of imide groups is 1. The van der Waals surface area contributed by atoms with Crippen molar-refractivity contribution in [1.82, 2.24) is 31.1 Å². The smallest absolute Gasteiger partial charge is 0.416 e. The molecule has 46 heavy (non-hydrogen) atoms. The summed E-state index contributed by atoms with van der Waals surface area (Å²) in [4.78, 5) is 57.1. The SMILES string of the molecule is C=C1N[C@H]2[C@H](CN3C(=O)CCC3=O)N=C(NC(=O)OCC(Cl)(Cl)Cl)N3C[C@H](NC(=O)c4cc(F)cc(C(F)(F)F)c4)C(O)(O)[C@]23N1. The molecule has 6 N–H and O–H groups in total. The van der Waals surface area contributed by atoms with Gasteiger partial charge in [-0.2, -0.15) is 13.2 Å². The highest BCUT2D eigenvalue weighted by Crippen LogP contribution is 2.45. The zero-order chi connectivity index (χ0) is 34.0. The van der Waals surface area contributed by atoms with Crippen LogP contribution in [0.25, 0.3) is 0 Å². The van der Waals surface area contributed by atoms with Crippen LogP contribution in [0.4, 0.5) is 22.4 Å². The van der Waals surface area contributed by atoms with Crippen molar-refractivity contribution >= 4 is 64.6 Å². The molecule has 1 spiro atoms. The number of likely N-dealkylation sites (tertiary alicyclic amines) is 1. The summed E-state index contributed by atoms with van der Waals surface area (Å²) in [5.74, 6) is -7.23. The number of hydrogen-bond donors (Lipinski definition) is 6. The van der Waals surface area contributed by atoms with Gasteiger partial charge in [0.05, 0.1) is 30.0 Å². The number of aliphatic imine (C=N–C) groups is 1. The standard InChI is InChI=1S/C25H24Cl3F4N7O7/c1-10-33-18-14(7-38-16(40)2-3-17(38)41)34-20(36-21(43)46-9-22(26,27)28)39-8-15(24(44,45)23(18,39)37-10)35-19(42)11-4-12(25(30,31)32)6-13(29)5-11/h4-6,14-15,18,33,37,44-45H,1-3,7-9H2,(H,35,42)(H,34,36,43)/t14-,15-,18-,23-/m0/s1. The molecule has 5 rings (SSSR count). The summed E-state index contributed by atoms with van der Waals surface area (Å²) in [5, 5.41) is 33.6. The van der Waals surface area contributed by atoms with Gasteiger partial charge in [-0.25, -0.2) is 14.2 Å². The Morgan fingerprint density at radius 2 is 1.80 bits per heavy atom. The summed E-state index contributed by atoms with van der Waals surface area (Å²) in [7, 11) is 0. The largest absolute Gasteiger partial charge is 0.445 e. The highest BCUT2D eigenvalue weighted by atomic mass is 35.6. The van der Waals surface area contributed by atoms with Crippen molar-refractivity contribution in [2.45, 2.75) is 52.4 Å². The van der Waals surface area contributed by atoms with E-state index in [-0.39, 0.29) is 24.7 Å². The Morgan fingerprint density at radius 1 is 1.15 bits per heavy atom. The van der Waals surface area contributed by atoms with Gasteiger partial charge in [-0.15, -0.1) is 0 Å². The van der Waals surface area contributed by atoms with Gasteiger partial charge in [-0.05, 0) is 18.2 Å². The predicted molar refractivity (Wildman–Crippen MR) is 150 cm³/mol. The molecule has 4 atom stereocenters. The Morgan fingerprint density at radius 3 is 2.41 bits per heavy atom. The number of carbonyl (C=O) groups is 4. The molecule has 4 heterocycles. The van der Waals surface area contributed by atoms with Gasteiger partial charge in [-0.3, -0.25) is 24.6 Å². The minimum absolute atomic E-state index is 0.00583. The monoisotopic (exact) mass is 715 g/mol. The van der Waals surface area contributed by atoms with Crippen LogP contribution in [0.3, 0.4) is 0 Å². The topological polar surface area (TPSA) is 185 Å². The molecule has 0 radical (unpaired) electrons. The molecule has 0 saturated carbocycles. The summed E-state index contributed by atoms with van der Waals surface area (Å²) < 4.78 is 56.8. The molecule has 250 valence electrons. The van der Waals surface area contributed by atoms with Crippen LogP contribution >= 0.6 is 34.8 Å². The van der Waals surface area contributed by atoms with Crippen molar-refractivity contribution in [2.24, 2.45) is 4.99 Å². The number of alkyl carbamates (subject to hydrolysis) is 1. The third kappa shape index (κ3) is 6.11. The van der Waals surface area contributed by atoms with Gasteiger partial charge in [0.15, 0.2) is 5.66 Å². The van der Waals surface area contributed by atoms with Crippen LogP contribution in [0.15, 0.2) is 35.6 Å². The first-order valence-corrected chi connectivity index (χ1v) is 14.4. The van der Waals surface area contributed by atoms with E-state index in [0.717, 1.165) is 9.80 Å². The van der Waals surface area contributed by atoms with Crippen LogP contribution in [0.1, 0.15) is 28.8 Å². The first kappa shape index (κ1) is 33.8. The second kappa shape index (κ2) is 11.6. The number of halogens is 7. The van der Waals surface area contributed by atoms with E-state index in [2.05, 4.69) is 32.8 Å². The molecule has 0 bridgehead atoms. The first-order valence-electron chi connectivity index (χ1n) is 13.3. The molecule has 4 amide bonds. The van der Waals surface area contributed by atoms with E-state index in [1.165, 1.54) is 0 Å². The Hall–Kier alpha value is -3.58. The number of amides is 4. The lowest BCUT2D eigenvalue weighted by atomic mass is 9.85. The number of rotatable bonds is 5. The maximum absolute atomic E-state index is 14.1. The normalized spacial score (nSPS) is 27.0. The Balaban J connectivity index is 1.51. The molecule has 3 fully saturated rings. The van der Waals surface area contributed by atoms with E-state index in [1.54, 1.807) is 0 Å². The number of nitrogens with zero attached hydrogens (tertiary/aromatic N) is 3. The number of carbonyl (C=O) groups excluding carboxylic acids is 4. The first-order chi connectivity index (χ1) is 21.2. The number of ether oxygens (including phenoxy) is 1. The summed E-state index contributed by atoms with van der Waals surface area (Å²) in [6.07, 6.45) is -6.37. The Kier molecular flexibility index (Phi) is 8.51. The maximum atomic E-state index is 14.1. The van der Waals surface area contributed by atoms with E-state index in [4.69, 9.17) is 39.5 Å². The van der Waals surface area contributed by atoms with Gasteiger partial charge in [-0.1, -0.05) is 41.4 Å². The predicted octanol–water partition coefficient (Wildman–Crippen LogP) is 0.652. The zero-order valence-corrected chi connectivity index (χ0v) is 25.4. The van der Waals surface area contributed by atoms with Crippen molar-refractivity contribution in [1.29, 1.82) is 0 Å². The second-order valence-electron chi connectivity index (χ2n) is 10.8. The van der Waals surface area contributed by atoms with E-state index in [0.29, 0.717) is 12.1 Å². The van der Waals surface area contributed by atoms with Crippen LogP contribution < -0.4 is 21.3 Å². The Bertz CT molecular complexity index is 1520. The fourth-order valence-corrected chi connectivity index (χ4v) is 6.01. The van der Waals surface area contributed by atoms with Crippen molar-refractivity contribution in [3.8, 4) is 0 Å². The highest BCUT2D eigenvalue weighted by molar-refractivity contribution is 6.67. The summed E-state index contributed by atoms with van der Waals surface area (Å²) in [6, 6.07) is -3.11. The van der Waals surface area contributed by atoms with E-state index < -0.39 is 106 Å². The molecule has 0 unspecified atom stereocenters. The van der Waals surface area contributed by atoms with Crippen LogP contribution in [0.5, 0.6) is 0 Å². The zero-order valence-electron chi connectivity index (χ0n) is 23.1. The molecule has 14 nitrogen and oxygen atoms in total. The van der Waals surface area contributed by atoms with E-state index in [9.17, 15) is 47.0 Å². The van der Waals surface area contributed by atoms with Crippen LogP contribution in [-0.2, 0) is 20.5 Å². The summed E-state index contributed by atoms with van der Waals surface area (Å²) in [5.41, 5.74) is -4.41. The molecule has 0 aliphatic carbocycles. The molecule has 21 heteroatoms. The number of benzene rings is 1. The van der Waals surface area contributed by atoms with Gasteiger partial charge in [0.1, 0.15) is 18.5 Å². The average molecular weight is 717 g/mol. The molecule has 1 aromatic rings. The lowest BCUT2D eigenvalue weighted by Crippen LogP contribution is -2.78. The molecule has 1 aromatic carbocycles. The van der Waals surface area contributed by atoms with Crippen molar-refractivity contribution in [3.05, 3.63) is 47.5 Å². The molecule has 4 aliphatic rings. The number of hydrogen-bond acceptors (Lipinski definition) is 11. The van der Waals surface area contributed by atoms with E-state index >= 15 is 0 Å². The highest BCUT2D eigenvalue weighted by Gasteiger charge is 2.74. The van der Waals surface area contributed by atoms with Crippen LogP contribution in [0.2, 0.25) is 0 Å². The minimum Gasteiger partial charge on any atom is -0.445 e. The van der Waals surface area contributed by atoms with Gasteiger partial charge >= 0.3 is 12.3 Å². The average Bonchev–Trinajstić information content (AvgIpc) is 3.53. The van der Waals surface area contributed by atoms with Crippen LogP contribution in [-0.4, -0.2) is 103 Å². The van der Waals surface area contributed by atoms with E-state index in [1.807, 2.05) is 0 Å². The summed E-state index contributed by atoms with van der Waals surface area (Å²) in [6.45, 7) is 2.04. The minimum atomic E-state index is -5.00. The lowest BCUT2D eigenvalue weighted by Gasteiger charge is -2.49. The molecule has 4 aliphatic heterocycles. The number of nitrogens with one attached hydrogen (secondary N) is 4. The fraction of sp³-hybridized carbons (Fsp3) is 0.480. The van der Waals surface area contributed by atoms with Crippen LogP contribution in [0, 0.1) is 5.82 Å². The second-order valence-corrected chi connectivity index (χ2v) is 13.3. The summed E-state index contributed by atoms with van der Waals surface area (Å²) >= 11 is 16.9. The lowest BCUT2D eigenvalue weighted by molar-refractivity contribution is -0.231. The van der Waals surface area contributed by atoms with Crippen molar-refractivity contribution < 1.29 is 51.7 Å².